The number of para-hydroxylation sites is 3. The molecule has 2 aromatic heterocycles. The molecule has 0 fully saturated rings. The summed E-state index contributed by atoms with van der Waals surface area (Å²) in [7, 11) is -0.333. The van der Waals surface area contributed by atoms with Gasteiger partial charge in [-0.2, -0.15) is 0 Å². The number of pyridine rings is 1. The van der Waals surface area contributed by atoms with Crippen LogP contribution < -0.4 is 19.7 Å². The summed E-state index contributed by atoms with van der Waals surface area (Å²) in [6, 6.07) is 45.9. The van der Waals surface area contributed by atoms with E-state index in [1.54, 1.807) is 0 Å². The van der Waals surface area contributed by atoms with Crippen molar-refractivity contribution in [3.05, 3.63) is 145 Å². The van der Waals surface area contributed by atoms with Crippen LogP contribution in [0.15, 0.2) is 140 Å². The summed E-state index contributed by atoms with van der Waals surface area (Å²) in [4.78, 5) is 6.92. The van der Waals surface area contributed by atoms with Gasteiger partial charge in [0.05, 0.1) is 16.7 Å². The lowest BCUT2D eigenvalue weighted by Crippen LogP contribution is -2.47. The van der Waals surface area contributed by atoms with Gasteiger partial charge in [-0.05, 0) is 83.2 Å². The van der Waals surface area contributed by atoms with Crippen LogP contribution in [-0.4, -0.2) is 16.6 Å². The van der Waals surface area contributed by atoms with Gasteiger partial charge in [-0.25, -0.2) is 4.98 Å². The fourth-order valence-electron chi connectivity index (χ4n) is 6.28. The van der Waals surface area contributed by atoms with Crippen LogP contribution in [0.2, 0.25) is 0 Å². The van der Waals surface area contributed by atoms with Gasteiger partial charge in [0, 0.05) is 28.7 Å². The van der Waals surface area contributed by atoms with E-state index in [-0.39, 0.29) is 12.5 Å². The van der Waals surface area contributed by atoms with Crippen LogP contribution in [0, 0.1) is 0 Å². The molecule has 6 heteroatoms. The first kappa shape index (κ1) is 27.1. The van der Waals surface area contributed by atoms with Crippen LogP contribution in [-0.2, 0) is 5.41 Å². The number of aromatic nitrogens is 2. The smallest absolute Gasteiger partial charge is 0.524 e. The Hall–Kier alpha value is -5.49. The molecule has 3 heterocycles. The first-order valence-corrected chi connectivity index (χ1v) is 15.3. The zero-order valence-electron chi connectivity index (χ0n) is 25.5. The summed E-state index contributed by atoms with van der Waals surface area (Å²) >= 11 is 0. The van der Waals surface area contributed by atoms with E-state index in [4.69, 9.17) is 9.39 Å². The number of benzene rings is 5. The second-order valence-corrected chi connectivity index (χ2v) is 12.5. The van der Waals surface area contributed by atoms with Crippen molar-refractivity contribution in [2.45, 2.75) is 26.2 Å². The van der Waals surface area contributed by atoms with Gasteiger partial charge in [0.2, 0.25) is 0 Å². The minimum atomic E-state index is -0.333. The molecule has 0 saturated heterocycles. The highest BCUT2D eigenvalue weighted by Crippen LogP contribution is 2.41. The zero-order chi connectivity index (χ0) is 30.5. The molecule has 0 unspecified atom stereocenters. The van der Waals surface area contributed by atoms with Crippen LogP contribution >= 0.6 is 0 Å². The maximum Gasteiger partial charge on any atom is 0.524 e. The van der Waals surface area contributed by atoms with E-state index >= 15 is 0 Å². The lowest BCUT2D eigenvalue weighted by atomic mass is 9.71. The Kier molecular flexibility index (Phi) is 6.38. The van der Waals surface area contributed by atoms with E-state index in [0.29, 0.717) is 0 Å². The SMILES string of the molecule is CC(C)(C)c1ccc(N2B(c3cccc(Oc4ccc5c6ccccc6n(-c6ccccn6)c5c4)c3)Oc3ccccc32)cc1. The number of fused-ring (bicyclic) bond motifs is 4. The Bertz CT molecular complexity index is 2170. The monoisotopic (exact) mass is 585 g/mol. The molecule has 1 aliphatic rings. The van der Waals surface area contributed by atoms with Crippen LogP contribution in [0.5, 0.6) is 17.2 Å². The molecule has 1 aliphatic heterocycles. The van der Waals surface area contributed by atoms with Crippen molar-refractivity contribution < 1.29 is 9.39 Å². The van der Waals surface area contributed by atoms with Gasteiger partial charge in [0.15, 0.2) is 0 Å². The van der Waals surface area contributed by atoms with Gasteiger partial charge in [-0.15, -0.1) is 0 Å². The van der Waals surface area contributed by atoms with Gasteiger partial charge in [-0.1, -0.05) is 81.4 Å². The number of anilines is 2. The van der Waals surface area contributed by atoms with Crippen LogP contribution in [0.3, 0.4) is 0 Å². The number of rotatable bonds is 5. The molecule has 0 N–H and O–H groups in total. The Balaban J connectivity index is 1.16. The van der Waals surface area contributed by atoms with Crippen molar-refractivity contribution >= 4 is 45.7 Å². The number of hydrogen-bond donors (Lipinski definition) is 0. The quantitative estimate of drug-likeness (QED) is 0.189. The van der Waals surface area contributed by atoms with Crippen molar-refractivity contribution in [2.24, 2.45) is 0 Å². The maximum atomic E-state index is 6.58. The highest BCUT2D eigenvalue weighted by atomic mass is 16.5. The highest BCUT2D eigenvalue weighted by Gasteiger charge is 2.39. The molecule has 0 saturated carbocycles. The average molecular weight is 586 g/mol. The fourth-order valence-corrected chi connectivity index (χ4v) is 6.28. The number of nitrogens with zero attached hydrogens (tertiary/aromatic N) is 3. The predicted molar refractivity (Wildman–Crippen MR) is 185 cm³/mol. The van der Waals surface area contributed by atoms with E-state index in [9.17, 15) is 0 Å². The van der Waals surface area contributed by atoms with Crippen molar-refractivity contribution in [3.8, 4) is 23.1 Å². The molecule has 7 aromatic rings. The Labute approximate surface area is 263 Å². The highest BCUT2D eigenvalue weighted by molar-refractivity contribution is 6.74. The summed E-state index contributed by atoms with van der Waals surface area (Å²) in [6.45, 7) is 6.71. The van der Waals surface area contributed by atoms with E-state index < -0.39 is 0 Å². The van der Waals surface area contributed by atoms with Gasteiger partial charge in [0.25, 0.3) is 0 Å². The van der Waals surface area contributed by atoms with Crippen LogP contribution in [0.25, 0.3) is 27.6 Å². The summed E-state index contributed by atoms with van der Waals surface area (Å²) in [5.74, 6) is 3.23. The Morgan fingerprint density at radius 2 is 1.42 bits per heavy atom. The fraction of sp³-hybridized carbons (Fsp3) is 0.103. The van der Waals surface area contributed by atoms with Gasteiger partial charge in [-0.3, -0.25) is 4.57 Å². The van der Waals surface area contributed by atoms with Crippen molar-refractivity contribution in [1.29, 1.82) is 0 Å². The molecule has 0 aliphatic carbocycles. The van der Waals surface area contributed by atoms with Gasteiger partial charge < -0.3 is 14.2 Å². The standard InChI is InChI=1S/C39H32BN3O2/c1-39(2,3)27-18-20-29(21-19-27)43-35-15-6-7-16-37(35)45-40(43)28-11-10-12-30(25-28)44-31-22-23-33-32-13-4-5-14-34(32)42(36(33)26-31)38-17-8-9-24-41-38/h4-26H,1-3H3. The molecule has 0 amide bonds. The average Bonchev–Trinajstić information content (AvgIpc) is 3.61. The molecule has 0 bridgehead atoms. The van der Waals surface area contributed by atoms with E-state index in [1.165, 1.54) is 10.9 Å². The normalized spacial score (nSPS) is 12.9. The molecule has 0 radical (unpaired) electrons. The molecule has 45 heavy (non-hydrogen) atoms. The summed E-state index contributed by atoms with van der Waals surface area (Å²) < 4.78 is 15.3. The number of ether oxygens (including phenoxy) is 1. The molecule has 5 aromatic carbocycles. The molecule has 0 spiro atoms. The summed E-state index contributed by atoms with van der Waals surface area (Å²) in [6.07, 6.45) is 1.83. The number of hydrogen-bond acceptors (Lipinski definition) is 4. The van der Waals surface area contributed by atoms with Gasteiger partial charge >= 0.3 is 7.05 Å². The van der Waals surface area contributed by atoms with Crippen molar-refractivity contribution in [1.82, 2.24) is 9.55 Å². The van der Waals surface area contributed by atoms with E-state index in [0.717, 1.165) is 56.3 Å². The molecule has 0 atom stereocenters. The van der Waals surface area contributed by atoms with E-state index in [1.807, 2.05) is 54.7 Å². The third-order valence-electron chi connectivity index (χ3n) is 8.51. The minimum Gasteiger partial charge on any atom is -0.536 e. The van der Waals surface area contributed by atoms with Crippen molar-refractivity contribution in [3.63, 3.8) is 0 Å². The first-order chi connectivity index (χ1) is 21.9. The third kappa shape index (κ3) is 4.79. The zero-order valence-corrected chi connectivity index (χ0v) is 25.5. The summed E-state index contributed by atoms with van der Waals surface area (Å²) in [5.41, 5.74) is 6.67. The Morgan fingerprint density at radius 1 is 0.667 bits per heavy atom. The largest absolute Gasteiger partial charge is 0.536 e. The lowest BCUT2D eigenvalue weighted by Gasteiger charge is -2.25. The van der Waals surface area contributed by atoms with E-state index in [2.05, 4.69) is 120 Å². The second kappa shape index (κ2) is 10.6. The topological polar surface area (TPSA) is 39.5 Å². The molecule has 8 rings (SSSR count). The summed E-state index contributed by atoms with van der Waals surface area (Å²) in [5, 5.41) is 2.34. The van der Waals surface area contributed by atoms with Crippen LogP contribution in [0.1, 0.15) is 26.3 Å². The van der Waals surface area contributed by atoms with Gasteiger partial charge in [0.1, 0.15) is 23.1 Å². The molecule has 5 nitrogen and oxygen atoms in total. The maximum absolute atomic E-state index is 6.58. The van der Waals surface area contributed by atoms with Crippen LogP contribution in [0.4, 0.5) is 11.4 Å². The van der Waals surface area contributed by atoms with Crippen molar-refractivity contribution in [2.75, 3.05) is 4.81 Å². The molecule has 218 valence electrons. The minimum absolute atomic E-state index is 0.0814. The molecular weight excluding hydrogens is 553 g/mol. The third-order valence-corrected chi connectivity index (χ3v) is 8.51. The lowest BCUT2D eigenvalue weighted by molar-refractivity contribution is 0.483. The second-order valence-electron chi connectivity index (χ2n) is 12.5. The Morgan fingerprint density at radius 3 is 2.24 bits per heavy atom. The molecular formula is C39H32BN3O2. The predicted octanol–water partition coefficient (Wildman–Crippen LogP) is 9.19. The first-order valence-electron chi connectivity index (χ1n) is 15.3.